The van der Waals surface area contributed by atoms with Crippen molar-refractivity contribution in [2.45, 2.75) is 57.4 Å². The lowest BCUT2D eigenvalue weighted by Crippen LogP contribution is -2.34. The van der Waals surface area contributed by atoms with Crippen molar-refractivity contribution in [3.05, 3.63) is 23.3 Å². The van der Waals surface area contributed by atoms with Crippen LogP contribution in [0.5, 0.6) is 11.5 Å². The molecule has 0 bridgehead atoms. The molecule has 0 radical (unpaired) electrons. The summed E-state index contributed by atoms with van der Waals surface area (Å²) >= 11 is 0. The van der Waals surface area contributed by atoms with Gasteiger partial charge in [0.1, 0.15) is 11.5 Å². The third kappa shape index (κ3) is 2.64. The van der Waals surface area contributed by atoms with Crippen LogP contribution in [0.2, 0.25) is 0 Å². The van der Waals surface area contributed by atoms with E-state index in [9.17, 15) is 0 Å². The second-order valence-electron chi connectivity index (χ2n) is 6.87. The van der Waals surface area contributed by atoms with E-state index < -0.39 is 0 Å². The van der Waals surface area contributed by atoms with Gasteiger partial charge in [-0.25, -0.2) is 0 Å². The van der Waals surface area contributed by atoms with Crippen LogP contribution in [-0.2, 0) is 11.0 Å². The predicted octanol–water partition coefficient (Wildman–Crippen LogP) is 3.73. The average molecular weight is 277 g/mol. The molecule has 0 heterocycles. The third-order valence-electron chi connectivity index (χ3n) is 4.34. The molecule has 3 nitrogen and oxygen atoms in total. The van der Waals surface area contributed by atoms with Crippen molar-refractivity contribution < 1.29 is 9.47 Å². The minimum Gasteiger partial charge on any atom is -0.497 e. The van der Waals surface area contributed by atoms with E-state index in [1.165, 1.54) is 12.8 Å². The SMILES string of the molecule is COc1cc(C(C)(C)C)c(OC)c(C2(N)CCCC2)c1. The summed E-state index contributed by atoms with van der Waals surface area (Å²) in [5.41, 5.74) is 8.63. The van der Waals surface area contributed by atoms with Gasteiger partial charge in [0.2, 0.25) is 0 Å². The van der Waals surface area contributed by atoms with E-state index in [-0.39, 0.29) is 11.0 Å². The summed E-state index contributed by atoms with van der Waals surface area (Å²) < 4.78 is 11.2. The van der Waals surface area contributed by atoms with Crippen LogP contribution in [0, 0.1) is 0 Å². The first kappa shape index (κ1) is 15.2. The molecule has 3 heteroatoms. The largest absolute Gasteiger partial charge is 0.497 e. The van der Waals surface area contributed by atoms with E-state index >= 15 is 0 Å². The van der Waals surface area contributed by atoms with Crippen molar-refractivity contribution in [3.63, 3.8) is 0 Å². The molecular formula is C17H27NO2. The van der Waals surface area contributed by atoms with E-state index in [2.05, 4.69) is 32.9 Å². The molecule has 1 saturated carbocycles. The molecular weight excluding hydrogens is 250 g/mol. The lowest BCUT2D eigenvalue weighted by atomic mass is 9.80. The van der Waals surface area contributed by atoms with Crippen LogP contribution >= 0.6 is 0 Å². The van der Waals surface area contributed by atoms with Crippen LogP contribution < -0.4 is 15.2 Å². The molecule has 0 unspecified atom stereocenters. The Morgan fingerprint density at radius 2 is 1.65 bits per heavy atom. The Balaban J connectivity index is 2.66. The van der Waals surface area contributed by atoms with E-state index in [4.69, 9.17) is 15.2 Å². The van der Waals surface area contributed by atoms with Crippen LogP contribution in [0.4, 0.5) is 0 Å². The monoisotopic (exact) mass is 277 g/mol. The molecule has 112 valence electrons. The Labute approximate surface area is 122 Å². The zero-order chi connectivity index (χ0) is 15.0. The standard InChI is InChI=1S/C17H27NO2/c1-16(2,3)13-10-12(19-4)11-14(15(13)20-5)17(18)8-6-7-9-17/h10-11H,6-9,18H2,1-5H3. The van der Waals surface area contributed by atoms with Crippen LogP contribution in [-0.4, -0.2) is 14.2 Å². The van der Waals surface area contributed by atoms with Crippen molar-refractivity contribution in [2.24, 2.45) is 5.73 Å². The molecule has 0 spiro atoms. The summed E-state index contributed by atoms with van der Waals surface area (Å²) in [6.45, 7) is 6.56. The molecule has 0 saturated heterocycles. The van der Waals surface area contributed by atoms with Crippen molar-refractivity contribution in [3.8, 4) is 11.5 Å². The minimum absolute atomic E-state index is 0.0103. The number of hydrogen-bond acceptors (Lipinski definition) is 3. The second kappa shape index (κ2) is 5.28. The van der Waals surface area contributed by atoms with Gasteiger partial charge in [-0.3, -0.25) is 0 Å². The maximum atomic E-state index is 6.66. The fourth-order valence-corrected chi connectivity index (χ4v) is 3.14. The molecule has 1 aliphatic rings. The Morgan fingerprint density at radius 1 is 1.05 bits per heavy atom. The zero-order valence-corrected chi connectivity index (χ0v) is 13.4. The highest BCUT2D eigenvalue weighted by atomic mass is 16.5. The summed E-state index contributed by atoms with van der Waals surface area (Å²) in [7, 11) is 3.44. The zero-order valence-electron chi connectivity index (χ0n) is 13.4. The van der Waals surface area contributed by atoms with Crippen LogP contribution in [0.3, 0.4) is 0 Å². The number of ether oxygens (including phenoxy) is 2. The summed E-state index contributed by atoms with van der Waals surface area (Å²) in [6.07, 6.45) is 4.39. The number of rotatable bonds is 3. The van der Waals surface area contributed by atoms with Gasteiger partial charge in [-0.05, 0) is 30.4 Å². The molecule has 0 aliphatic heterocycles. The highest BCUT2D eigenvalue weighted by Gasteiger charge is 2.36. The number of methoxy groups -OCH3 is 2. The minimum atomic E-state index is -0.278. The lowest BCUT2D eigenvalue weighted by molar-refractivity contribution is 0.358. The summed E-state index contributed by atoms with van der Waals surface area (Å²) in [6, 6.07) is 4.13. The lowest BCUT2D eigenvalue weighted by Gasteiger charge is -2.31. The van der Waals surface area contributed by atoms with E-state index in [0.717, 1.165) is 35.5 Å². The van der Waals surface area contributed by atoms with Crippen molar-refractivity contribution in [1.82, 2.24) is 0 Å². The first-order valence-corrected chi connectivity index (χ1v) is 7.38. The highest BCUT2D eigenvalue weighted by Crippen LogP contribution is 2.46. The predicted molar refractivity (Wildman–Crippen MR) is 82.6 cm³/mol. The van der Waals surface area contributed by atoms with Gasteiger partial charge in [0, 0.05) is 16.7 Å². The van der Waals surface area contributed by atoms with Crippen LogP contribution in [0.15, 0.2) is 12.1 Å². The first-order chi connectivity index (χ1) is 9.31. The molecule has 1 aromatic rings. The first-order valence-electron chi connectivity index (χ1n) is 7.38. The van der Waals surface area contributed by atoms with Gasteiger partial charge in [0.25, 0.3) is 0 Å². The Hall–Kier alpha value is -1.22. The molecule has 0 atom stereocenters. The van der Waals surface area contributed by atoms with Crippen LogP contribution in [0.1, 0.15) is 57.6 Å². The smallest absolute Gasteiger partial charge is 0.127 e. The number of benzene rings is 1. The Bertz CT molecular complexity index is 482. The highest BCUT2D eigenvalue weighted by molar-refractivity contribution is 5.53. The Morgan fingerprint density at radius 3 is 2.10 bits per heavy atom. The van der Waals surface area contributed by atoms with Crippen molar-refractivity contribution in [2.75, 3.05) is 14.2 Å². The van der Waals surface area contributed by atoms with Gasteiger partial charge >= 0.3 is 0 Å². The summed E-state index contributed by atoms with van der Waals surface area (Å²) in [5, 5.41) is 0. The molecule has 1 fully saturated rings. The maximum Gasteiger partial charge on any atom is 0.127 e. The van der Waals surface area contributed by atoms with Gasteiger partial charge in [-0.1, -0.05) is 33.6 Å². The van der Waals surface area contributed by atoms with Gasteiger partial charge in [0.05, 0.1) is 14.2 Å². The molecule has 1 aliphatic carbocycles. The quantitative estimate of drug-likeness (QED) is 0.915. The molecule has 0 aromatic heterocycles. The molecule has 2 N–H and O–H groups in total. The third-order valence-corrected chi connectivity index (χ3v) is 4.34. The van der Waals surface area contributed by atoms with E-state index in [1.807, 2.05) is 0 Å². The molecule has 2 rings (SSSR count). The van der Waals surface area contributed by atoms with Crippen molar-refractivity contribution in [1.29, 1.82) is 0 Å². The molecule has 0 amide bonds. The van der Waals surface area contributed by atoms with Gasteiger partial charge in [-0.2, -0.15) is 0 Å². The number of hydrogen-bond donors (Lipinski definition) is 1. The maximum absolute atomic E-state index is 6.66. The van der Waals surface area contributed by atoms with Gasteiger partial charge < -0.3 is 15.2 Å². The van der Waals surface area contributed by atoms with Gasteiger partial charge in [0.15, 0.2) is 0 Å². The van der Waals surface area contributed by atoms with Crippen LogP contribution in [0.25, 0.3) is 0 Å². The van der Waals surface area contributed by atoms with E-state index in [1.54, 1.807) is 14.2 Å². The molecule has 1 aromatic carbocycles. The second-order valence-corrected chi connectivity index (χ2v) is 6.87. The van der Waals surface area contributed by atoms with E-state index in [0.29, 0.717) is 0 Å². The molecule has 20 heavy (non-hydrogen) atoms. The fraction of sp³-hybridized carbons (Fsp3) is 0.647. The summed E-state index contributed by atoms with van der Waals surface area (Å²) in [5.74, 6) is 1.80. The summed E-state index contributed by atoms with van der Waals surface area (Å²) in [4.78, 5) is 0. The fourth-order valence-electron chi connectivity index (χ4n) is 3.14. The van der Waals surface area contributed by atoms with Gasteiger partial charge in [-0.15, -0.1) is 0 Å². The normalized spacial score (nSPS) is 18.1. The average Bonchev–Trinajstić information content (AvgIpc) is 2.84. The number of nitrogens with two attached hydrogens (primary N) is 1. The van der Waals surface area contributed by atoms with Crippen molar-refractivity contribution >= 4 is 0 Å². The topological polar surface area (TPSA) is 44.5 Å². The Kier molecular flexibility index (Phi) is 4.01.